The molecule has 5 aromatic rings. The van der Waals surface area contributed by atoms with Crippen LogP contribution in [0.3, 0.4) is 0 Å². The molecule has 0 fully saturated rings. The SMILES string of the molecule is C#Cc1cccc(Oc2cnc3ccccc3c2C(=O)N[C@@H](CON2C(=O)c3ccccc3C2=O)Cc2ccc(C)cc2C)c1. The second-order valence-corrected chi connectivity index (χ2v) is 10.8. The smallest absolute Gasteiger partial charge is 0.285 e. The van der Waals surface area contributed by atoms with Crippen molar-refractivity contribution in [3.05, 3.63) is 136 Å². The van der Waals surface area contributed by atoms with Crippen LogP contribution < -0.4 is 10.1 Å². The summed E-state index contributed by atoms with van der Waals surface area (Å²) in [6.45, 7) is 3.86. The van der Waals surface area contributed by atoms with Crippen LogP contribution >= 0.6 is 0 Å². The molecule has 45 heavy (non-hydrogen) atoms. The molecule has 1 aromatic heterocycles. The molecule has 2 heterocycles. The van der Waals surface area contributed by atoms with Gasteiger partial charge in [0.2, 0.25) is 0 Å². The molecule has 1 aliphatic heterocycles. The Hall–Kier alpha value is -5.78. The number of carbonyl (C=O) groups excluding carboxylic acids is 3. The molecular formula is C37H29N3O5. The number of nitrogens with one attached hydrogen (secondary N) is 1. The molecule has 0 radical (unpaired) electrons. The van der Waals surface area contributed by atoms with Crippen molar-refractivity contribution in [1.82, 2.24) is 15.4 Å². The quantitative estimate of drug-likeness (QED) is 0.161. The third kappa shape index (κ3) is 6.03. The first kappa shape index (κ1) is 29.3. The van der Waals surface area contributed by atoms with Crippen molar-refractivity contribution in [1.29, 1.82) is 0 Å². The first-order valence-electron chi connectivity index (χ1n) is 14.4. The number of nitrogens with zero attached hydrogens (tertiary/aromatic N) is 2. The van der Waals surface area contributed by atoms with E-state index in [9.17, 15) is 14.4 Å². The Morgan fingerprint density at radius 1 is 0.933 bits per heavy atom. The van der Waals surface area contributed by atoms with Crippen LogP contribution in [0.1, 0.15) is 53.3 Å². The molecule has 6 rings (SSSR count). The van der Waals surface area contributed by atoms with Crippen molar-refractivity contribution in [2.24, 2.45) is 0 Å². The van der Waals surface area contributed by atoms with Crippen LogP contribution in [-0.4, -0.2) is 40.4 Å². The third-order valence-electron chi connectivity index (χ3n) is 7.66. The van der Waals surface area contributed by atoms with Gasteiger partial charge in [0.1, 0.15) is 5.75 Å². The number of hydrogen-bond acceptors (Lipinski definition) is 6. The van der Waals surface area contributed by atoms with Crippen LogP contribution in [0, 0.1) is 26.2 Å². The third-order valence-corrected chi connectivity index (χ3v) is 7.66. The van der Waals surface area contributed by atoms with Gasteiger partial charge in [-0.05, 0) is 67.8 Å². The maximum absolute atomic E-state index is 14.2. The first-order chi connectivity index (χ1) is 21.8. The van der Waals surface area contributed by atoms with Crippen LogP contribution in [0.25, 0.3) is 10.9 Å². The minimum Gasteiger partial charge on any atom is -0.455 e. The first-order valence-corrected chi connectivity index (χ1v) is 14.4. The molecule has 1 atom stereocenters. The number of aryl methyl sites for hydroxylation is 2. The average Bonchev–Trinajstić information content (AvgIpc) is 3.29. The van der Waals surface area contributed by atoms with E-state index in [4.69, 9.17) is 16.0 Å². The number of hydroxylamine groups is 2. The standard InChI is InChI=1S/C37H29N3O5/c1-4-25-10-9-11-28(19-25)45-33-21-38-32-15-8-7-14-31(32)34(33)35(41)39-27(20-26-17-16-23(2)18-24(26)3)22-44-40-36(42)29-12-5-6-13-30(29)37(40)43/h1,5-19,21,27H,20,22H2,2-3H3,(H,39,41)/t27-/m1/s1. The summed E-state index contributed by atoms with van der Waals surface area (Å²) in [5, 5.41) is 4.44. The lowest BCUT2D eigenvalue weighted by molar-refractivity contribution is -0.0968. The normalized spacial score (nSPS) is 13.0. The van der Waals surface area contributed by atoms with Gasteiger partial charge in [0, 0.05) is 10.9 Å². The van der Waals surface area contributed by atoms with Gasteiger partial charge >= 0.3 is 0 Å². The van der Waals surface area contributed by atoms with Crippen LogP contribution in [0.15, 0.2) is 97.2 Å². The number of aromatic nitrogens is 1. The summed E-state index contributed by atoms with van der Waals surface area (Å²) in [5.74, 6) is 1.76. The lowest BCUT2D eigenvalue weighted by Crippen LogP contribution is -2.43. The lowest BCUT2D eigenvalue weighted by atomic mass is 9.99. The number of hydrogen-bond donors (Lipinski definition) is 1. The highest BCUT2D eigenvalue weighted by Crippen LogP contribution is 2.31. The molecule has 8 heteroatoms. The Kier molecular flexibility index (Phi) is 8.10. The van der Waals surface area contributed by atoms with Gasteiger partial charge in [0.05, 0.1) is 41.1 Å². The zero-order valence-electron chi connectivity index (χ0n) is 24.7. The number of pyridine rings is 1. The fourth-order valence-electron chi connectivity index (χ4n) is 5.41. The molecule has 0 saturated carbocycles. The lowest BCUT2D eigenvalue weighted by Gasteiger charge is -2.23. The van der Waals surface area contributed by atoms with E-state index in [2.05, 4.69) is 22.3 Å². The van der Waals surface area contributed by atoms with Crippen LogP contribution in [-0.2, 0) is 11.3 Å². The predicted octanol–water partition coefficient (Wildman–Crippen LogP) is 6.19. The van der Waals surface area contributed by atoms with Gasteiger partial charge in [0.25, 0.3) is 17.7 Å². The molecule has 0 spiro atoms. The summed E-state index contributed by atoms with van der Waals surface area (Å²) in [4.78, 5) is 50.5. The molecule has 4 aromatic carbocycles. The van der Waals surface area contributed by atoms with E-state index in [-0.39, 0.29) is 29.0 Å². The minimum atomic E-state index is -0.632. The van der Waals surface area contributed by atoms with Gasteiger partial charge in [-0.15, -0.1) is 11.5 Å². The number of amides is 3. The average molecular weight is 596 g/mol. The molecule has 0 saturated heterocycles. The molecule has 0 bridgehead atoms. The van der Waals surface area contributed by atoms with Crippen molar-refractivity contribution in [2.75, 3.05) is 6.61 Å². The molecule has 0 aliphatic carbocycles. The minimum absolute atomic E-state index is 0.145. The summed E-state index contributed by atoms with van der Waals surface area (Å²) in [6.07, 6.45) is 7.47. The van der Waals surface area contributed by atoms with E-state index in [1.54, 1.807) is 54.6 Å². The van der Waals surface area contributed by atoms with Crippen molar-refractivity contribution >= 4 is 28.6 Å². The van der Waals surface area contributed by atoms with E-state index in [1.807, 2.05) is 44.2 Å². The van der Waals surface area contributed by atoms with E-state index < -0.39 is 23.8 Å². The van der Waals surface area contributed by atoms with Crippen molar-refractivity contribution in [2.45, 2.75) is 26.3 Å². The summed E-state index contributed by atoms with van der Waals surface area (Å²) < 4.78 is 6.17. The largest absolute Gasteiger partial charge is 0.455 e. The Balaban J connectivity index is 1.32. The van der Waals surface area contributed by atoms with Gasteiger partial charge in [-0.3, -0.25) is 24.2 Å². The molecule has 1 N–H and O–H groups in total. The Morgan fingerprint density at radius 2 is 1.67 bits per heavy atom. The van der Waals surface area contributed by atoms with Gasteiger partial charge < -0.3 is 10.1 Å². The van der Waals surface area contributed by atoms with Gasteiger partial charge in [-0.1, -0.05) is 66.1 Å². The van der Waals surface area contributed by atoms with Crippen molar-refractivity contribution in [3.63, 3.8) is 0 Å². The Bertz CT molecular complexity index is 1980. The number of carbonyl (C=O) groups is 3. The molecule has 3 amide bonds. The Labute approximate surface area is 260 Å². The molecule has 222 valence electrons. The molecular weight excluding hydrogens is 566 g/mol. The fourth-order valence-corrected chi connectivity index (χ4v) is 5.41. The molecule has 1 aliphatic rings. The van der Waals surface area contributed by atoms with Crippen LogP contribution in [0.5, 0.6) is 11.5 Å². The van der Waals surface area contributed by atoms with Crippen LogP contribution in [0.2, 0.25) is 0 Å². The number of ether oxygens (including phenoxy) is 1. The van der Waals surface area contributed by atoms with Crippen molar-refractivity contribution < 1.29 is 24.0 Å². The van der Waals surface area contributed by atoms with Gasteiger partial charge in [0.15, 0.2) is 5.75 Å². The summed E-state index contributed by atoms with van der Waals surface area (Å²) >= 11 is 0. The fraction of sp³-hybridized carbons (Fsp3) is 0.135. The number of para-hydroxylation sites is 1. The van der Waals surface area contributed by atoms with Gasteiger partial charge in [-0.2, -0.15) is 0 Å². The number of fused-ring (bicyclic) bond motifs is 2. The number of benzene rings is 4. The Morgan fingerprint density at radius 3 is 2.40 bits per heavy atom. The van der Waals surface area contributed by atoms with E-state index in [1.165, 1.54) is 6.20 Å². The maximum Gasteiger partial charge on any atom is 0.285 e. The number of rotatable bonds is 9. The monoisotopic (exact) mass is 595 g/mol. The number of imide groups is 1. The topological polar surface area (TPSA) is 97.8 Å². The van der Waals surface area contributed by atoms with Crippen molar-refractivity contribution in [3.8, 4) is 23.8 Å². The van der Waals surface area contributed by atoms with E-state index >= 15 is 0 Å². The predicted molar refractivity (Wildman–Crippen MR) is 170 cm³/mol. The highest BCUT2D eigenvalue weighted by molar-refractivity contribution is 6.20. The zero-order valence-corrected chi connectivity index (χ0v) is 24.7. The zero-order chi connectivity index (χ0) is 31.5. The number of terminal acetylenes is 1. The summed E-state index contributed by atoms with van der Waals surface area (Å²) in [6, 6.07) is 26.3. The summed E-state index contributed by atoms with van der Waals surface area (Å²) in [5.41, 5.74) is 5.21. The second-order valence-electron chi connectivity index (χ2n) is 10.8. The van der Waals surface area contributed by atoms with Gasteiger partial charge in [-0.25, -0.2) is 0 Å². The maximum atomic E-state index is 14.2. The second kappa shape index (κ2) is 12.4. The van der Waals surface area contributed by atoms with E-state index in [0.29, 0.717) is 28.6 Å². The highest BCUT2D eigenvalue weighted by Gasteiger charge is 2.37. The highest BCUT2D eigenvalue weighted by atomic mass is 16.7. The summed E-state index contributed by atoms with van der Waals surface area (Å²) in [7, 11) is 0. The molecule has 8 nitrogen and oxygen atoms in total. The van der Waals surface area contributed by atoms with Crippen LogP contribution in [0.4, 0.5) is 0 Å². The molecule has 0 unspecified atom stereocenters. The van der Waals surface area contributed by atoms with E-state index in [0.717, 1.165) is 21.8 Å².